The van der Waals surface area contributed by atoms with E-state index in [0.717, 1.165) is 28.5 Å². The van der Waals surface area contributed by atoms with Crippen LogP contribution in [0.15, 0.2) is 72.9 Å². The fourth-order valence-electron chi connectivity index (χ4n) is 5.19. The van der Waals surface area contributed by atoms with E-state index in [1.54, 1.807) is 14.2 Å². The predicted octanol–water partition coefficient (Wildman–Crippen LogP) is 5.99. The number of anilines is 1. The maximum absolute atomic E-state index is 5.94. The molecular formula is C29H30N4O2S. The Kier molecular flexibility index (Phi) is 6.41. The second kappa shape index (κ2) is 9.66. The maximum Gasteiger partial charge on any atom is 0.174 e. The highest BCUT2D eigenvalue weighted by atomic mass is 32.1. The normalized spacial score (nSPS) is 17.2. The molecule has 5 rings (SSSR count). The minimum atomic E-state index is -0.142. The zero-order valence-electron chi connectivity index (χ0n) is 21.1. The van der Waals surface area contributed by atoms with E-state index in [2.05, 4.69) is 65.9 Å². The number of aromatic nitrogens is 2. The van der Waals surface area contributed by atoms with Gasteiger partial charge in [0.1, 0.15) is 11.5 Å². The van der Waals surface area contributed by atoms with Gasteiger partial charge in [0.15, 0.2) is 5.11 Å². The van der Waals surface area contributed by atoms with E-state index in [1.807, 2.05) is 42.6 Å². The molecule has 0 bridgehead atoms. The van der Waals surface area contributed by atoms with Gasteiger partial charge in [0.25, 0.3) is 0 Å². The second-order valence-electron chi connectivity index (χ2n) is 8.98. The van der Waals surface area contributed by atoms with E-state index < -0.39 is 0 Å². The Morgan fingerprint density at radius 3 is 2.36 bits per heavy atom. The zero-order chi connectivity index (χ0) is 25.4. The van der Waals surface area contributed by atoms with Crippen molar-refractivity contribution in [2.45, 2.75) is 32.9 Å². The number of methoxy groups -OCH3 is 2. The molecule has 1 saturated heterocycles. The first-order chi connectivity index (χ1) is 17.4. The average molecular weight is 499 g/mol. The largest absolute Gasteiger partial charge is 0.497 e. The van der Waals surface area contributed by atoms with Crippen molar-refractivity contribution < 1.29 is 9.47 Å². The van der Waals surface area contributed by atoms with Crippen LogP contribution >= 0.6 is 12.2 Å². The van der Waals surface area contributed by atoms with Crippen molar-refractivity contribution in [3.8, 4) is 17.2 Å². The molecule has 7 heteroatoms. The topological polar surface area (TPSA) is 51.5 Å². The number of nitrogens with zero attached hydrogens (tertiary/aromatic N) is 3. The van der Waals surface area contributed by atoms with Crippen LogP contribution in [0.25, 0.3) is 5.69 Å². The number of thiocarbonyl (C=S) groups is 1. The van der Waals surface area contributed by atoms with E-state index in [9.17, 15) is 0 Å². The molecule has 4 aromatic rings. The third-order valence-corrected chi connectivity index (χ3v) is 7.20. The zero-order valence-corrected chi connectivity index (χ0v) is 22.0. The van der Waals surface area contributed by atoms with Crippen LogP contribution < -0.4 is 19.7 Å². The number of nitrogens with one attached hydrogen (secondary N) is 1. The first kappa shape index (κ1) is 23.9. The first-order valence-corrected chi connectivity index (χ1v) is 12.3. The minimum absolute atomic E-state index is 0.140. The molecule has 0 amide bonds. The average Bonchev–Trinajstić information content (AvgIpc) is 3.39. The lowest BCUT2D eigenvalue weighted by molar-refractivity contribution is 0.394. The summed E-state index contributed by atoms with van der Waals surface area (Å²) >= 11 is 5.94. The molecule has 2 aromatic carbocycles. The van der Waals surface area contributed by atoms with Gasteiger partial charge < -0.3 is 24.3 Å². The molecule has 0 aliphatic carbocycles. The summed E-state index contributed by atoms with van der Waals surface area (Å²) in [6.45, 7) is 6.47. The molecule has 2 atom stereocenters. The summed E-state index contributed by atoms with van der Waals surface area (Å²) in [5.41, 5.74) is 7.71. The molecule has 0 radical (unpaired) electrons. The highest BCUT2D eigenvalue weighted by Gasteiger charge is 2.43. The smallest absolute Gasteiger partial charge is 0.174 e. The molecule has 1 N–H and O–H groups in total. The van der Waals surface area contributed by atoms with E-state index in [0.29, 0.717) is 10.9 Å². The summed E-state index contributed by atoms with van der Waals surface area (Å²) in [4.78, 5) is 6.84. The van der Waals surface area contributed by atoms with E-state index in [4.69, 9.17) is 26.7 Å². The monoisotopic (exact) mass is 498 g/mol. The van der Waals surface area contributed by atoms with E-state index in [1.165, 1.54) is 16.8 Å². The SMILES string of the molecule is COc1ccc(N2C(=S)N[C@@H](c3ccccn3)[C@H]2c2cc(C)n(-c3ccccc3C)c2C)c(OC)c1. The first-order valence-electron chi connectivity index (χ1n) is 11.9. The van der Waals surface area contributed by atoms with Gasteiger partial charge in [-0.15, -0.1) is 0 Å². The molecule has 0 saturated carbocycles. The fourth-order valence-corrected chi connectivity index (χ4v) is 5.53. The highest BCUT2D eigenvalue weighted by Crippen LogP contribution is 2.46. The summed E-state index contributed by atoms with van der Waals surface area (Å²) in [5.74, 6) is 1.42. The summed E-state index contributed by atoms with van der Waals surface area (Å²) in [7, 11) is 3.32. The van der Waals surface area contributed by atoms with Gasteiger partial charge in [-0.3, -0.25) is 4.98 Å². The van der Waals surface area contributed by atoms with Crippen molar-refractivity contribution in [1.29, 1.82) is 0 Å². The van der Waals surface area contributed by atoms with Crippen molar-refractivity contribution in [3.05, 3.63) is 101 Å². The molecule has 2 aromatic heterocycles. The van der Waals surface area contributed by atoms with Crippen LogP contribution in [0.1, 0.15) is 40.3 Å². The predicted molar refractivity (Wildman–Crippen MR) is 147 cm³/mol. The molecule has 3 heterocycles. The number of ether oxygens (including phenoxy) is 2. The molecule has 36 heavy (non-hydrogen) atoms. The second-order valence-corrected chi connectivity index (χ2v) is 9.37. The van der Waals surface area contributed by atoms with Crippen LogP contribution in [0.5, 0.6) is 11.5 Å². The Morgan fingerprint density at radius 1 is 0.889 bits per heavy atom. The molecule has 0 unspecified atom stereocenters. The van der Waals surface area contributed by atoms with Crippen molar-refractivity contribution in [2.75, 3.05) is 19.1 Å². The number of benzene rings is 2. The number of pyridine rings is 1. The van der Waals surface area contributed by atoms with Crippen LogP contribution in [0.2, 0.25) is 0 Å². The molecule has 1 fully saturated rings. The number of hydrogen-bond donors (Lipinski definition) is 1. The van der Waals surface area contributed by atoms with Crippen molar-refractivity contribution >= 4 is 23.0 Å². The number of aryl methyl sites for hydroxylation is 2. The lowest BCUT2D eigenvalue weighted by Gasteiger charge is -2.29. The van der Waals surface area contributed by atoms with Gasteiger partial charge in [-0.1, -0.05) is 24.3 Å². The van der Waals surface area contributed by atoms with Crippen molar-refractivity contribution in [1.82, 2.24) is 14.9 Å². The summed E-state index contributed by atoms with van der Waals surface area (Å²) < 4.78 is 13.6. The van der Waals surface area contributed by atoms with Gasteiger partial charge in [0.05, 0.1) is 37.7 Å². The lowest BCUT2D eigenvalue weighted by Crippen LogP contribution is -2.30. The molecule has 1 aliphatic heterocycles. The minimum Gasteiger partial charge on any atom is -0.497 e. The Labute approximate surface area is 217 Å². The molecule has 6 nitrogen and oxygen atoms in total. The molecule has 0 spiro atoms. The van der Waals surface area contributed by atoms with Crippen LogP contribution in [-0.2, 0) is 0 Å². The van der Waals surface area contributed by atoms with Gasteiger partial charge in [0.2, 0.25) is 0 Å². The van der Waals surface area contributed by atoms with E-state index in [-0.39, 0.29) is 12.1 Å². The van der Waals surface area contributed by atoms with Crippen LogP contribution in [0.3, 0.4) is 0 Å². The summed E-state index contributed by atoms with van der Waals surface area (Å²) in [6, 6.07) is 22.3. The van der Waals surface area contributed by atoms with Gasteiger partial charge in [0, 0.05) is 29.3 Å². The quantitative estimate of drug-likeness (QED) is 0.330. The Morgan fingerprint density at radius 2 is 1.67 bits per heavy atom. The van der Waals surface area contributed by atoms with Crippen LogP contribution in [0, 0.1) is 20.8 Å². The molecule has 1 aliphatic rings. The number of hydrogen-bond acceptors (Lipinski definition) is 4. The third-order valence-electron chi connectivity index (χ3n) is 6.89. The molecular weight excluding hydrogens is 468 g/mol. The Hall–Kier alpha value is -3.84. The van der Waals surface area contributed by atoms with E-state index >= 15 is 0 Å². The number of rotatable bonds is 6. The van der Waals surface area contributed by atoms with Gasteiger partial charge >= 0.3 is 0 Å². The van der Waals surface area contributed by atoms with Crippen LogP contribution in [0.4, 0.5) is 5.69 Å². The Balaban J connectivity index is 1.71. The highest BCUT2D eigenvalue weighted by molar-refractivity contribution is 7.80. The van der Waals surface area contributed by atoms with Gasteiger partial charge in [-0.25, -0.2) is 0 Å². The molecule has 184 valence electrons. The maximum atomic E-state index is 5.94. The fraction of sp³-hybridized carbons (Fsp3) is 0.241. The third kappa shape index (κ3) is 3.99. The summed E-state index contributed by atoms with van der Waals surface area (Å²) in [6.07, 6.45) is 1.82. The summed E-state index contributed by atoms with van der Waals surface area (Å²) in [5, 5.41) is 4.18. The lowest BCUT2D eigenvalue weighted by atomic mass is 9.96. The van der Waals surface area contributed by atoms with Crippen molar-refractivity contribution in [2.24, 2.45) is 0 Å². The number of para-hydroxylation sites is 1. The van der Waals surface area contributed by atoms with Gasteiger partial charge in [-0.2, -0.15) is 0 Å². The van der Waals surface area contributed by atoms with Crippen molar-refractivity contribution in [3.63, 3.8) is 0 Å². The van der Waals surface area contributed by atoms with Crippen LogP contribution in [-0.4, -0.2) is 28.9 Å². The standard InChI is InChI=1S/C29H30N4O2S/c1-18-10-6-7-12-24(18)32-19(2)16-22(20(32)3)28-27(23-11-8-9-15-30-23)31-29(36)33(28)25-14-13-21(34-4)17-26(25)35-5/h6-17,27-28H,1-5H3,(H,31,36)/t27-,28+/m0/s1. The Bertz CT molecular complexity index is 1420. The van der Waals surface area contributed by atoms with Gasteiger partial charge in [-0.05, 0) is 80.5 Å².